The summed E-state index contributed by atoms with van der Waals surface area (Å²) in [7, 11) is 0. The van der Waals surface area contributed by atoms with Gasteiger partial charge in [-0.05, 0) is 25.0 Å². The summed E-state index contributed by atoms with van der Waals surface area (Å²) in [5.74, 6) is 1.02. The number of aromatic nitrogens is 4. The van der Waals surface area contributed by atoms with Gasteiger partial charge < -0.3 is 16.0 Å². The van der Waals surface area contributed by atoms with Crippen molar-refractivity contribution in [2.45, 2.75) is 18.9 Å². The molecule has 7 nitrogen and oxygen atoms in total. The van der Waals surface area contributed by atoms with E-state index in [0.717, 1.165) is 16.9 Å². The molecule has 0 spiro atoms. The number of amides is 1. The molecule has 1 aliphatic rings. The Morgan fingerprint density at radius 1 is 1.23 bits per heavy atom. The summed E-state index contributed by atoms with van der Waals surface area (Å²) in [5, 5.41) is 3.36. The van der Waals surface area contributed by atoms with Gasteiger partial charge in [0.25, 0.3) is 0 Å². The van der Waals surface area contributed by atoms with E-state index in [4.69, 9.17) is 5.73 Å². The molecule has 0 saturated heterocycles. The zero-order valence-corrected chi connectivity index (χ0v) is 11.7. The van der Waals surface area contributed by atoms with Gasteiger partial charge in [-0.25, -0.2) is 15.0 Å². The summed E-state index contributed by atoms with van der Waals surface area (Å²) in [6.45, 7) is 0. The average molecular weight is 294 g/mol. The third kappa shape index (κ3) is 2.26. The SMILES string of the molecule is NC(=O)c1ccc(-c2nc3ncnc(NC4CC4)c3[nH]2)cc1. The molecule has 0 unspecified atom stereocenters. The molecule has 2 heterocycles. The van der Waals surface area contributed by atoms with Crippen molar-refractivity contribution in [1.82, 2.24) is 19.9 Å². The molecule has 1 fully saturated rings. The minimum atomic E-state index is -0.446. The van der Waals surface area contributed by atoms with Crippen LogP contribution in [0.4, 0.5) is 5.82 Å². The van der Waals surface area contributed by atoms with E-state index < -0.39 is 5.91 Å². The van der Waals surface area contributed by atoms with Gasteiger partial charge in [-0.2, -0.15) is 0 Å². The number of rotatable bonds is 4. The van der Waals surface area contributed by atoms with Crippen LogP contribution in [0.2, 0.25) is 0 Å². The molecule has 3 aromatic rings. The Kier molecular flexibility index (Phi) is 2.78. The van der Waals surface area contributed by atoms with E-state index in [1.807, 2.05) is 0 Å². The quantitative estimate of drug-likeness (QED) is 0.678. The molecule has 4 N–H and O–H groups in total. The van der Waals surface area contributed by atoms with Gasteiger partial charge in [-0.1, -0.05) is 12.1 Å². The maximum atomic E-state index is 11.1. The van der Waals surface area contributed by atoms with E-state index in [-0.39, 0.29) is 0 Å². The number of carbonyl (C=O) groups is 1. The van der Waals surface area contributed by atoms with E-state index >= 15 is 0 Å². The monoisotopic (exact) mass is 294 g/mol. The molecule has 0 atom stereocenters. The van der Waals surface area contributed by atoms with Gasteiger partial charge in [0.05, 0.1) is 0 Å². The highest BCUT2D eigenvalue weighted by molar-refractivity contribution is 5.93. The second-order valence-electron chi connectivity index (χ2n) is 5.37. The van der Waals surface area contributed by atoms with Crippen LogP contribution in [-0.4, -0.2) is 31.9 Å². The number of nitrogens with one attached hydrogen (secondary N) is 2. The van der Waals surface area contributed by atoms with Gasteiger partial charge in [-0.15, -0.1) is 0 Å². The Hall–Kier alpha value is -2.96. The molecule has 0 bridgehead atoms. The topological polar surface area (TPSA) is 110 Å². The van der Waals surface area contributed by atoms with Gasteiger partial charge in [0.15, 0.2) is 11.5 Å². The van der Waals surface area contributed by atoms with Gasteiger partial charge >= 0.3 is 0 Å². The van der Waals surface area contributed by atoms with Gasteiger partial charge in [0, 0.05) is 17.2 Å². The van der Waals surface area contributed by atoms with Crippen LogP contribution < -0.4 is 11.1 Å². The lowest BCUT2D eigenvalue weighted by molar-refractivity contribution is 0.100. The number of fused-ring (bicyclic) bond motifs is 1. The standard InChI is InChI=1S/C15H14N6O/c16-12(22)8-1-3-9(4-2-8)13-20-11-14(19-10-5-6-10)17-7-18-15(11)21-13/h1-4,7,10H,5-6H2,(H2,16,22)(H2,17,18,19,20,21). The predicted molar refractivity (Wildman–Crippen MR) is 82.3 cm³/mol. The Morgan fingerprint density at radius 3 is 2.68 bits per heavy atom. The Morgan fingerprint density at radius 2 is 2.00 bits per heavy atom. The van der Waals surface area contributed by atoms with E-state index in [1.165, 1.54) is 19.2 Å². The lowest BCUT2D eigenvalue weighted by atomic mass is 10.1. The van der Waals surface area contributed by atoms with Crippen LogP contribution in [0.5, 0.6) is 0 Å². The van der Waals surface area contributed by atoms with E-state index in [2.05, 4.69) is 25.3 Å². The molecule has 22 heavy (non-hydrogen) atoms. The van der Waals surface area contributed by atoms with Crippen LogP contribution in [-0.2, 0) is 0 Å². The first-order valence-corrected chi connectivity index (χ1v) is 7.08. The van der Waals surface area contributed by atoms with Crippen molar-refractivity contribution in [3.05, 3.63) is 36.2 Å². The Labute approximate surface area is 126 Å². The van der Waals surface area contributed by atoms with Crippen molar-refractivity contribution in [1.29, 1.82) is 0 Å². The maximum Gasteiger partial charge on any atom is 0.248 e. The number of benzene rings is 1. The van der Waals surface area contributed by atoms with E-state index in [1.54, 1.807) is 24.3 Å². The second-order valence-corrected chi connectivity index (χ2v) is 5.37. The number of nitrogens with zero attached hydrogens (tertiary/aromatic N) is 3. The third-order valence-corrected chi connectivity index (χ3v) is 3.65. The largest absolute Gasteiger partial charge is 0.366 e. The van der Waals surface area contributed by atoms with Crippen LogP contribution in [0, 0.1) is 0 Å². The molecule has 2 aromatic heterocycles. The first kappa shape index (κ1) is 12.8. The number of hydrogen-bond donors (Lipinski definition) is 3. The minimum absolute atomic E-state index is 0.446. The van der Waals surface area contributed by atoms with Crippen molar-refractivity contribution in [2.24, 2.45) is 5.73 Å². The molecule has 110 valence electrons. The van der Waals surface area contributed by atoms with Crippen molar-refractivity contribution >= 4 is 22.9 Å². The number of imidazole rings is 1. The number of nitrogens with two attached hydrogens (primary N) is 1. The average Bonchev–Trinajstić information content (AvgIpc) is 3.23. The first-order valence-electron chi connectivity index (χ1n) is 7.08. The molecule has 0 radical (unpaired) electrons. The molecular formula is C15H14N6O. The van der Waals surface area contributed by atoms with Crippen LogP contribution >= 0.6 is 0 Å². The summed E-state index contributed by atoms with van der Waals surface area (Å²) >= 11 is 0. The fourth-order valence-electron chi connectivity index (χ4n) is 2.29. The number of carbonyl (C=O) groups excluding carboxylic acids is 1. The van der Waals surface area contributed by atoms with Crippen molar-refractivity contribution < 1.29 is 4.79 Å². The number of primary amides is 1. The van der Waals surface area contributed by atoms with Crippen molar-refractivity contribution in [3.63, 3.8) is 0 Å². The highest BCUT2D eigenvalue weighted by atomic mass is 16.1. The fraction of sp³-hybridized carbons (Fsp3) is 0.200. The van der Waals surface area contributed by atoms with E-state index in [0.29, 0.717) is 23.1 Å². The highest BCUT2D eigenvalue weighted by Gasteiger charge is 2.23. The zero-order chi connectivity index (χ0) is 15.1. The summed E-state index contributed by atoms with van der Waals surface area (Å²) in [6, 6.07) is 7.47. The molecule has 1 amide bonds. The molecular weight excluding hydrogens is 280 g/mol. The fourth-order valence-corrected chi connectivity index (χ4v) is 2.29. The van der Waals surface area contributed by atoms with Crippen LogP contribution in [0.15, 0.2) is 30.6 Å². The summed E-state index contributed by atoms with van der Waals surface area (Å²) < 4.78 is 0. The number of hydrogen-bond acceptors (Lipinski definition) is 5. The molecule has 1 aliphatic carbocycles. The summed E-state index contributed by atoms with van der Waals surface area (Å²) in [5.41, 5.74) is 7.99. The Balaban J connectivity index is 1.73. The van der Waals surface area contributed by atoms with Gasteiger partial charge in [0.2, 0.25) is 5.91 Å². The summed E-state index contributed by atoms with van der Waals surface area (Å²) in [4.78, 5) is 27.3. The lowest BCUT2D eigenvalue weighted by Crippen LogP contribution is -2.10. The second kappa shape index (κ2) is 4.80. The molecule has 1 aromatic carbocycles. The molecule has 4 rings (SSSR count). The Bertz CT molecular complexity index is 850. The molecule has 1 saturated carbocycles. The number of anilines is 1. The number of aromatic amines is 1. The first-order chi connectivity index (χ1) is 10.7. The zero-order valence-electron chi connectivity index (χ0n) is 11.7. The van der Waals surface area contributed by atoms with Gasteiger partial charge in [0.1, 0.15) is 17.7 Å². The normalized spacial score (nSPS) is 14.2. The van der Waals surface area contributed by atoms with Crippen LogP contribution in [0.1, 0.15) is 23.2 Å². The van der Waals surface area contributed by atoms with Crippen molar-refractivity contribution in [3.8, 4) is 11.4 Å². The predicted octanol–water partition coefficient (Wildman–Crippen LogP) is 1.69. The lowest BCUT2D eigenvalue weighted by Gasteiger charge is -2.02. The molecule has 7 heteroatoms. The number of H-pyrrole nitrogens is 1. The summed E-state index contributed by atoms with van der Waals surface area (Å²) in [6.07, 6.45) is 3.84. The van der Waals surface area contributed by atoms with E-state index in [9.17, 15) is 4.79 Å². The third-order valence-electron chi connectivity index (χ3n) is 3.65. The minimum Gasteiger partial charge on any atom is -0.366 e. The van der Waals surface area contributed by atoms with Gasteiger partial charge in [-0.3, -0.25) is 4.79 Å². The van der Waals surface area contributed by atoms with Crippen molar-refractivity contribution in [2.75, 3.05) is 5.32 Å². The molecule has 0 aliphatic heterocycles. The van der Waals surface area contributed by atoms with Crippen LogP contribution in [0.3, 0.4) is 0 Å². The van der Waals surface area contributed by atoms with Crippen LogP contribution in [0.25, 0.3) is 22.6 Å². The smallest absolute Gasteiger partial charge is 0.248 e. The highest BCUT2D eigenvalue weighted by Crippen LogP contribution is 2.28. The maximum absolute atomic E-state index is 11.1.